The topological polar surface area (TPSA) is 111 Å². The number of morpholine rings is 1. The summed E-state index contributed by atoms with van der Waals surface area (Å²) in [6.45, 7) is 5.24. The number of hydrogen-bond acceptors (Lipinski definition) is 6. The molecule has 9 nitrogen and oxygen atoms in total. The van der Waals surface area contributed by atoms with E-state index in [1.165, 1.54) is 9.87 Å². The number of primary amides is 1. The van der Waals surface area contributed by atoms with Gasteiger partial charge < -0.3 is 15.0 Å². The second-order valence-electron chi connectivity index (χ2n) is 8.74. The first-order valence-electron chi connectivity index (χ1n) is 11.6. The third kappa shape index (κ3) is 4.11. The number of sulfonamides is 1. The molecule has 0 unspecified atom stereocenters. The minimum Gasteiger partial charge on any atom is -0.379 e. The molecule has 3 aromatic rings. The van der Waals surface area contributed by atoms with Gasteiger partial charge in [-0.2, -0.15) is 4.31 Å². The molecule has 3 heterocycles. The van der Waals surface area contributed by atoms with Crippen LogP contribution in [-0.2, 0) is 45.6 Å². The fraction of sp³-hybridized carbons (Fsp3) is 0.417. The maximum atomic E-state index is 13.1. The number of imidazole rings is 1. The van der Waals surface area contributed by atoms with E-state index in [2.05, 4.69) is 15.5 Å². The van der Waals surface area contributed by atoms with E-state index in [0.29, 0.717) is 57.9 Å². The van der Waals surface area contributed by atoms with Crippen LogP contribution in [0.2, 0.25) is 0 Å². The average Bonchev–Trinajstić information content (AvgIpc) is 3.20. The zero-order valence-corrected chi connectivity index (χ0v) is 20.0. The van der Waals surface area contributed by atoms with Crippen molar-refractivity contribution in [3.05, 3.63) is 59.4 Å². The van der Waals surface area contributed by atoms with E-state index < -0.39 is 16.1 Å². The van der Waals surface area contributed by atoms with Gasteiger partial charge >= 0.3 is 0 Å². The third-order valence-electron chi connectivity index (χ3n) is 6.74. The number of rotatable bonds is 6. The van der Waals surface area contributed by atoms with Gasteiger partial charge in [0.1, 0.15) is 5.82 Å². The zero-order chi connectivity index (χ0) is 23.9. The highest BCUT2D eigenvalue weighted by Gasteiger charge is 2.31. The zero-order valence-electron chi connectivity index (χ0n) is 19.2. The Bertz CT molecular complexity index is 1330. The number of aromatic nitrogens is 2. The fourth-order valence-electron chi connectivity index (χ4n) is 4.94. The van der Waals surface area contributed by atoms with Crippen LogP contribution in [0.4, 0.5) is 0 Å². The van der Waals surface area contributed by atoms with E-state index >= 15 is 0 Å². The maximum Gasteiger partial charge on any atom is 0.243 e. The van der Waals surface area contributed by atoms with Crippen LogP contribution in [0.25, 0.3) is 11.0 Å². The molecule has 1 amide bonds. The summed E-state index contributed by atoms with van der Waals surface area (Å²) in [4.78, 5) is 19.4. The van der Waals surface area contributed by atoms with Crippen molar-refractivity contribution < 1.29 is 17.9 Å². The molecule has 0 bridgehead atoms. The van der Waals surface area contributed by atoms with Gasteiger partial charge in [-0.25, -0.2) is 13.4 Å². The highest BCUT2D eigenvalue weighted by molar-refractivity contribution is 7.89. The molecule has 2 aromatic carbocycles. The second-order valence-corrected chi connectivity index (χ2v) is 10.7. The van der Waals surface area contributed by atoms with Crippen molar-refractivity contribution in [2.24, 2.45) is 5.73 Å². The lowest BCUT2D eigenvalue weighted by atomic mass is 9.93. The lowest BCUT2D eigenvalue weighted by Gasteiger charge is -2.34. The molecule has 180 valence electrons. The largest absolute Gasteiger partial charge is 0.379 e. The van der Waals surface area contributed by atoms with Crippen molar-refractivity contribution in [3.8, 4) is 0 Å². The Morgan fingerprint density at radius 2 is 1.88 bits per heavy atom. The van der Waals surface area contributed by atoms with Crippen molar-refractivity contribution in [1.82, 2.24) is 18.8 Å². The van der Waals surface area contributed by atoms with Crippen molar-refractivity contribution in [1.29, 1.82) is 0 Å². The SMILES string of the molecule is CCn1c(CN2Cc3ccccc3C[C@H]2C(N)=O)nc2cc(S(=O)(=O)N3CCOCC3)ccc21. The Balaban J connectivity index is 1.48. The summed E-state index contributed by atoms with van der Waals surface area (Å²) in [5, 5.41) is 0. The lowest BCUT2D eigenvalue weighted by Crippen LogP contribution is -2.48. The molecule has 5 rings (SSSR count). The first-order chi connectivity index (χ1) is 16.4. The average molecular weight is 484 g/mol. The summed E-state index contributed by atoms with van der Waals surface area (Å²) in [7, 11) is -3.61. The number of aryl methyl sites for hydroxylation is 1. The number of fused-ring (bicyclic) bond motifs is 2. The van der Waals surface area contributed by atoms with E-state index in [1.54, 1.807) is 12.1 Å². The number of carbonyl (C=O) groups is 1. The molecule has 2 N–H and O–H groups in total. The van der Waals surface area contributed by atoms with Gasteiger partial charge in [-0.1, -0.05) is 24.3 Å². The van der Waals surface area contributed by atoms with Gasteiger partial charge in [0.25, 0.3) is 0 Å². The van der Waals surface area contributed by atoms with Crippen molar-refractivity contribution in [3.63, 3.8) is 0 Å². The summed E-state index contributed by atoms with van der Waals surface area (Å²) >= 11 is 0. The van der Waals surface area contributed by atoms with Gasteiger partial charge in [0.15, 0.2) is 0 Å². The molecular formula is C24H29N5O4S. The number of ether oxygens (including phenoxy) is 1. The van der Waals surface area contributed by atoms with Crippen molar-refractivity contribution in [2.45, 2.75) is 43.9 Å². The standard InChI is InChI=1S/C24H29N5O4S/c1-2-29-21-8-7-19(34(31,32)28-9-11-33-12-10-28)14-20(21)26-23(29)16-27-15-18-6-4-3-5-17(18)13-22(27)24(25)30/h3-8,14,22H,2,9-13,15-16H2,1H3,(H2,25,30)/t22-/m0/s1. The summed E-state index contributed by atoms with van der Waals surface area (Å²) in [5.41, 5.74) is 9.58. The number of nitrogens with two attached hydrogens (primary N) is 1. The molecule has 0 saturated carbocycles. The quantitative estimate of drug-likeness (QED) is 0.569. The van der Waals surface area contributed by atoms with Crippen LogP contribution in [-0.4, -0.2) is 65.4 Å². The van der Waals surface area contributed by atoms with E-state index in [4.69, 9.17) is 15.5 Å². The maximum absolute atomic E-state index is 13.1. The van der Waals surface area contributed by atoms with Gasteiger partial charge in [0.2, 0.25) is 15.9 Å². The molecule has 2 aliphatic rings. The Hall–Kier alpha value is -2.79. The summed E-state index contributed by atoms with van der Waals surface area (Å²) < 4.78 is 35.1. The first-order valence-corrected chi connectivity index (χ1v) is 13.0. The lowest BCUT2D eigenvalue weighted by molar-refractivity contribution is -0.124. The van der Waals surface area contributed by atoms with E-state index in [-0.39, 0.29) is 10.8 Å². The Morgan fingerprint density at radius 1 is 1.15 bits per heavy atom. The number of nitrogens with zero attached hydrogens (tertiary/aromatic N) is 4. The van der Waals surface area contributed by atoms with Gasteiger partial charge in [-0.05, 0) is 42.7 Å². The van der Waals surface area contributed by atoms with E-state index in [1.807, 2.05) is 31.2 Å². The van der Waals surface area contributed by atoms with Gasteiger partial charge in [-0.3, -0.25) is 9.69 Å². The summed E-state index contributed by atoms with van der Waals surface area (Å²) in [5.74, 6) is 0.427. The van der Waals surface area contributed by atoms with Crippen LogP contribution in [0.5, 0.6) is 0 Å². The molecular weight excluding hydrogens is 454 g/mol. The molecule has 1 saturated heterocycles. The van der Waals surface area contributed by atoms with Crippen molar-refractivity contribution in [2.75, 3.05) is 26.3 Å². The van der Waals surface area contributed by atoms with Crippen LogP contribution in [0.1, 0.15) is 23.9 Å². The fourth-order valence-corrected chi connectivity index (χ4v) is 6.36. The van der Waals surface area contributed by atoms with Crippen LogP contribution >= 0.6 is 0 Å². The molecule has 1 aromatic heterocycles. The number of amides is 1. The van der Waals surface area contributed by atoms with Gasteiger partial charge in [0, 0.05) is 26.2 Å². The van der Waals surface area contributed by atoms with Crippen molar-refractivity contribution >= 4 is 27.0 Å². The monoisotopic (exact) mass is 483 g/mol. The predicted molar refractivity (Wildman–Crippen MR) is 127 cm³/mol. The van der Waals surface area contributed by atoms with Gasteiger partial charge in [-0.15, -0.1) is 0 Å². The van der Waals surface area contributed by atoms with Gasteiger partial charge in [0.05, 0.1) is 41.7 Å². The molecule has 0 spiro atoms. The molecule has 2 aliphatic heterocycles. The second kappa shape index (κ2) is 9.10. The highest BCUT2D eigenvalue weighted by atomic mass is 32.2. The number of benzene rings is 2. The highest BCUT2D eigenvalue weighted by Crippen LogP contribution is 2.28. The van der Waals surface area contributed by atoms with E-state index in [9.17, 15) is 13.2 Å². The Kier molecular flexibility index (Phi) is 6.15. The third-order valence-corrected chi connectivity index (χ3v) is 8.64. The molecule has 1 fully saturated rings. The number of carbonyl (C=O) groups excluding carboxylic acids is 1. The number of hydrogen-bond donors (Lipinski definition) is 1. The minimum absolute atomic E-state index is 0.233. The smallest absolute Gasteiger partial charge is 0.243 e. The van der Waals surface area contributed by atoms with Crippen LogP contribution in [0.15, 0.2) is 47.4 Å². The minimum atomic E-state index is -3.61. The normalized spacial score (nSPS) is 19.9. The molecule has 0 radical (unpaired) electrons. The first kappa shape index (κ1) is 23.0. The molecule has 10 heteroatoms. The van der Waals surface area contributed by atoms with Crippen LogP contribution in [0, 0.1) is 0 Å². The summed E-state index contributed by atoms with van der Waals surface area (Å²) in [6, 6.07) is 12.8. The summed E-state index contributed by atoms with van der Waals surface area (Å²) in [6.07, 6.45) is 0.569. The predicted octanol–water partition coefficient (Wildman–Crippen LogP) is 1.49. The molecule has 1 atom stereocenters. The Morgan fingerprint density at radius 3 is 2.59 bits per heavy atom. The van der Waals surface area contributed by atoms with Crippen LogP contribution < -0.4 is 5.73 Å². The Labute approximate surface area is 199 Å². The molecule has 0 aliphatic carbocycles. The van der Waals surface area contributed by atoms with E-state index in [0.717, 1.165) is 16.9 Å². The van der Waals surface area contributed by atoms with Crippen LogP contribution in [0.3, 0.4) is 0 Å². The molecule has 34 heavy (non-hydrogen) atoms.